The molecule has 0 radical (unpaired) electrons. The van der Waals surface area contributed by atoms with E-state index in [9.17, 15) is 5.11 Å². The lowest BCUT2D eigenvalue weighted by molar-refractivity contribution is 0.195. The third-order valence-electron chi connectivity index (χ3n) is 2.54. The number of halogens is 3. The van der Waals surface area contributed by atoms with Gasteiger partial charge in [-0.3, -0.25) is 0 Å². The molecule has 1 atom stereocenters. The highest BCUT2D eigenvalue weighted by molar-refractivity contribution is 9.10. The van der Waals surface area contributed by atoms with Gasteiger partial charge in [-0.15, -0.1) is 0 Å². The molecule has 19 heavy (non-hydrogen) atoms. The number of aliphatic hydroxyl groups excluding tert-OH is 1. The Hall–Kier alpha value is -0.550. The van der Waals surface area contributed by atoms with Crippen LogP contribution in [-0.4, -0.2) is 5.11 Å². The molecule has 0 aliphatic heterocycles. The first-order valence-electron chi connectivity index (χ1n) is 5.58. The number of benzene rings is 2. The molecule has 0 aliphatic rings. The highest BCUT2D eigenvalue weighted by atomic mass is 79.9. The van der Waals surface area contributed by atoms with E-state index in [2.05, 4.69) is 31.9 Å². The first kappa shape index (κ1) is 14.9. The SMILES string of the molecule is CC(O)c1cc(Br)ccc1Oc1ccc(Cl)cc1Br. The summed E-state index contributed by atoms with van der Waals surface area (Å²) >= 11 is 12.7. The Morgan fingerprint density at radius 3 is 2.42 bits per heavy atom. The van der Waals surface area contributed by atoms with Crippen molar-refractivity contribution in [3.63, 3.8) is 0 Å². The van der Waals surface area contributed by atoms with Crippen molar-refractivity contribution in [2.24, 2.45) is 0 Å². The highest BCUT2D eigenvalue weighted by Gasteiger charge is 2.12. The minimum absolute atomic E-state index is 0.612. The summed E-state index contributed by atoms with van der Waals surface area (Å²) in [6.07, 6.45) is -0.612. The molecule has 2 rings (SSSR count). The van der Waals surface area contributed by atoms with E-state index in [1.165, 1.54) is 0 Å². The van der Waals surface area contributed by atoms with Crippen molar-refractivity contribution in [3.05, 3.63) is 55.9 Å². The van der Waals surface area contributed by atoms with E-state index < -0.39 is 6.10 Å². The fourth-order valence-corrected chi connectivity index (χ4v) is 2.76. The lowest BCUT2D eigenvalue weighted by atomic mass is 10.1. The van der Waals surface area contributed by atoms with E-state index in [1.54, 1.807) is 25.1 Å². The fraction of sp³-hybridized carbons (Fsp3) is 0.143. The maximum absolute atomic E-state index is 9.79. The van der Waals surface area contributed by atoms with Gasteiger partial charge in [-0.05, 0) is 59.3 Å². The van der Waals surface area contributed by atoms with Gasteiger partial charge in [0, 0.05) is 15.1 Å². The van der Waals surface area contributed by atoms with Crippen molar-refractivity contribution in [1.29, 1.82) is 0 Å². The van der Waals surface area contributed by atoms with Crippen molar-refractivity contribution >= 4 is 43.5 Å². The predicted molar refractivity (Wildman–Crippen MR) is 84.0 cm³/mol. The van der Waals surface area contributed by atoms with Crippen LogP contribution in [0.3, 0.4) is 0 Å². The molecule has 0 heterocycles. The molecule has 1 unspecified atom stereocenters. The van der Waals surface area contributed by atoms with Crippen LogP contribution in [0.1, 0.15) is 18.6 Å². The first-order chi connectivity index (χ1) is 8.97. The Morgan fingerprint density at radius 2 is 1.79 bits per heavy atom. The minimum Gasteiger partial charge on any atom is -0.456 e. The molecule has 0 saturated heterocycles. The van der Waals surface area contributed by atoms with Gasteiger partial charge in [0.2, 0.25) is 0 Å². The molecule has 0 spiro atoms. The summed E-state index contributed by atoms with van der Waals surface area (Å²) in [4.78, 5) is 0. The summed E-state index contributed by atoms with van der Waals surface area (Å²) in [6, 6.07) is 10.8. The van der Waals surface area contributed by atoms with Gasteiger partial charge >= 0.3 is 0 Å². The number of aliphatic hydroxyl groups is 1. The van der Waals surface area contributed by atoms with E-state index in [0.29, 0.717) is 16.5 Å². The van der Waals surface area contributed by atoms with Crippen LogP contribution in [0.4, 0.5) is 0 Å². The van der Waals surface area contributed by atoms with E-state index in [1.807, 2.05) is 18.2 Å². The van der Waals surface area contributed by atoms with Gasteiger partial charge in [0.05, 0.1) is 10.6 Å². The minimum atomic E-state index is -0.612. The summed E-state index contributed by atoms with van der Waals surface area (Å²) in [5, 5.41) is 10.4. The zero-order valence-electron chi connectivity index (χ0n) is 10.0. The van der Waals surface area contributed by atoms with Gasteiger partial charge in [-0.25, -0.2) is 0 Å². The maximum atomic E-state index is 9.79. The molecule has 5 heteroatoms. The van der Waals surface area contributed by atoms with Crippen molar-refractivity contribution in [1.82, 2.24) is 0 Å². The van der Waals surface area contributed by atoms with Crippen LogP contribution < -0.4 is 4.74 Å². The van der Waals surface area contributed by atoms with Crippen molar-refractivity contribution in [2.75, 3.05) is 0 Å². The van der Waals surface area contributed by atoms with E-state index in [0.717, 1.165) is 14.5 Å². The summed E-state index contributed by atoms with van der Waals surface area (Å²) in [6.45, 7) is 1.70. The lowest BCUT2D eigenvalue weighted by Gasteiger charge is -2.14. The molecule has 0 aliphatic carbocycles. The summed E-state index contributed by atoms with van der Waals surface area (Å²) in [5.74, 6) is 1.26. The van der Waals surface area contributed by atoms with Crippen LogP contribution in [0.25, 0.3) is 0 Å². The van der Waals surface area contributed by atoms with Gasteiger partial charge in [-0.2, -0.15) is 0 Å². The zero-order valence-corrected chi connectivity index (χ0v) is 14.0. The largest absolute Gasteiger partial charge is 0.456 e. The lowest BCUT2D eigenvalue weighted by Crippen LogP contribution is -1.96. The second-order valence-electron chi connectivity index (χ2n) is 4.03. The van der Waals surface area contributed by atoms with Crippen LogP contribution in [-0.2, 0) is 0 Å². The number of rotatable bonds is 3. The van der Waals surface area contributed by atoms with E-state index in [-0.39, 0.29) is 0 Å². The van der Waals surface area contributed by atoms with Crippen molar-refractivity contribution < 1.29 is 9.84 Å². The van der Waals surface area contributed by atoms with E-state index in [4.69, 9.17) is 16.3 Å². The molecular weight excluding hydrogens is 395 g/mol. The average Bonchev–Trinajstić information content (AvgIpc) is 2.34. The predicted octanol–water partition coefficient (Wildman–Crippen LogP) is 5.71. The normalized spacial score (nSPS) is 12.3. The van der Waals surface area contributed by atoms with Crippen LogP contribution in [0.5, 0.6) is 11.5 Å². The van der Waals surface area contributed by atoms with Crippen LogP contribution >= 0.6 is 43.5 Å². The Morgan fingerprint density at radius 1 is 1.11 bits per heavy atom. The molecule has 2 aromatic carbocycles. The van der Waals surface area contributed by atoms with Gasteiger partial charge < -0.3 is 9.84 Å². The first-order valence-corrected chi connectivity index (χ1v) is 7.54. The smallest absolute Gasteiger partial charge is 0.141 e. The second kappa shape index (κ2) is 6.27. The van der Waals surface area contributed by atoms with Crippen molar-refractivity contribution in [3.8, 4) is 11.5 Å². The van der Waals surface area contributed by atoms with Gasteiger partial charge in [0.15, 0.2) is 0 Å². The molecule has 2 nitrogen and oxygen atoms in total. The Kier molecular flexibility index (Phi) is 4.90. The second-order valence-corrected chi connectivity index (χ2v) is 6.24. The number of hydrogen-bond donors (Lipinski definition) is 1. The van der Waals surface area contributed by atoms with E-state index >= 15 is 0 Å². The van der Waals surface area contributed by atoms with Gasteiger partial charge in [-0.1, -0.05) is 27.5 Å². The van der Waals surface area contributed by atoms with Crippen molar-refractivity contribution in [2.45, 2.75) is 13.0 Å². The van der Waals surface area contributed by atoms with Crippen LogP contribution in [0, 0.1) is 0 Å². The quantitative estimate of drug-likeness (QED) is 0.707. The Labute approximate surface area is 133 Å². The van der Waals surface area contributed by atoms with Gasteiger partial charge in [0.1, 0.15) is 11.5 Å². The monoisotopic (exact) mass is 404 g/mol. The molecular formula is C14H11Br2ClO2. The number of hydrogen-bond acceptors (Lipinski definition) is 2. The third kappa shape index (κ3) is 3.72. The van der Waals surface area contributed by atoms with Crippen LogP contribution in [0.2, 0.25) is 5.02 Å². The zero-order chi connectivity index (χ0) is 14.0. The summed E-state index contributed by atoms with van der Waals surface area (Å²) in [5.41, 5.74) is 0.719. The standard InChI is InChI=1S/C14H11Br2ClO2/c1-8(18)11-6-9(15)2-4-13(11)19-14-5-3-10(17)7-12(14)16/h2-8,18H,1H3. The topological polar surface area (TPSA) is 29.5 Å². The van der Waals surface area contributed by atoms with Crippen LogP contribution in [0.15, 0.2) is 45.3 Å². The molecule has 0 aromatic heterocycles. The summed E-state index contributed by atoms with van der Waals surface area (Å²) < 4.78 is 7.48. The van der Waals surface area contributed by atoms with Gasteiger partial charge in [0.25, 0.3) is 0 Å². The molecule has 2 aromatic rings. The Bertz CT molecular complexity index is 600. The fourth-order valence-electron chi connectivity index (χ4n) is 1.62. The Balaban J connectivity index is 2.38. The molecule has 100 valence electrons. The number of ether oxygens (including phenoxy) is 1. The molecule has 0 amide bonds. The molecule has 0 bridgehead atoms. The maximum Gasteiger partial charge on any atom is 0.141 e. The molecule has 0 saturated carbocycles. The summed E-state index contributed by atoms with van der Waals surface area (Å²) in [7, 11) is 0. The molecule has 1 N–H and O–H groups in total. The highest BCUT2D eigenvalue weighted by Crippen LogP contribution is 2.36. The molecule has 0 fully saturated rings. The average molecular weight is 407 g/mol. The third-order valence-corrected chi connectivity index (χ3v) is 3.88.